The molecule has 4 heteroatoms. The Bertz CT molecular complexity index is 350. The van der Waals surface area contributed by atoms with E-state index in [4.69, 9.17) is 4.74 Å². The third-order valence-corrected chi connectivity index (χ3v) is 2.67. The molecule has 1 aromatic heterocycles. The monoisotopic (exact) mass is 221 g/mol. The number of morpholine rings is 1. The molecule has 16 heavy (non-hydrogen) atoms. The van der Waals surface area contributed by atoms with Crippen molar-refractivity contribution >= 4 is 5.95 Å². The van der Waals surface area contributed by atoms with Gasteiger partial charge in [-0.3, -0.25) is 0 Å². The Labute approximate surface area is 96.7 Å². The lowest BCUT2D eigenvalue weighted by atomic mass is 10.2. The zero-order valence-electron chi connectivity index (χ0n) is 10.4. The Morgan fingerprint density at radius 3 is 2.12 bits per heavy atom. The van der Waals surface area contributed by atoms with Gasteiger partial charge in [0.2, 0.25) is 5.95 Å². The zero-order chi connectivity index (χ0) is 11.7. The molecule has 1 saturated heterocycles. The van der Waals surface area contributed by atoms with Crippen molar-refractivity contribution in [2.75, 3.05) is 18.0 Å². The van der Waals surface area contributed by atoms with E-state index < -0.39 is 0 Å². The fourth-order valence-electron chi connectivity index (χ4n) is 2.19. The maximum absolute atomic E-state index is 5.70. The molecule has 0 N–H and O–H groups in total. The van der Waals surface area contributed by atoms with Crippen molar-refractivity contribution in [1.82, 2.24) is 9.97 Å². The van der Waals surface area contributed by atoms with Crippen LogP contribution in [0.1, 0.15) is 25.2 Å². The summed E-state index contributed by atoms with van der Waals surface area (Å²) in [4.78, 5) is 11.2. The first-order valence-electron chi connectivity index (χ1n) is 5.77. The van der Waals surface area contributed by atoms with E-state index in [0.717, 1.165) is 30.4 Å². The predicted molar refractivity (Wildman–Crippen MR) is 63.7 cm³/mol. The average molecular weight is 221 g/mol. The topological polar surface area (TPSA) is 38.2 Å². The summed E-state index contributed by atoms with van der Waals surface area (Å²) in [7, 11) is 0. The predicted octanol–water partition coefficient (Wildman–Crippen LogP) is 1.71. The van der Waals surface area contributed by atoms with Crippen molar-refractivity contribution in [3.05, 3.63) is 17.5 Å². The summed E-state index contributed by atoms with van der Waals surface area (Å²) in [6.07, 6.45) is 0.487. The first-order valence-corrected chi connectivity index (χ1v) is 5.77. The number of aryl methyl sites for hydroxylation is 2. The number of ether oxygens (including phenoxy) is 1. The normalized spacial score (nSPS) is 25.9. The molecule has 88 valence electrons. The van der Waals surface area contributed by atoms with Crippen LogP contribution in [-0.4, -0.2) is 35.3 Å². The summed E-state index contributed by atoms with van der Waals surface area (Å²) < 4.78 is 5.70. The van der Waals surface area contributed by atoms with Gasteiger partial charge in [-0.1, -0.05) is 0 Å². The van der Waals surface area contributed by atoms with Crippen LogP contribution in [0.25, 0.3) is 0 Å². The first-order chi connectivity index (χ1) is 7.54. The van der Waals surface area contributed by atoms with E-state index >= 15 is 0 Å². The van der Waals surface area contributed by atoms with Crippen molar-refractivity contribution in [2.45, 2.75) is 39.9 Å². The summed E-state index contributed by atoms with van der Waals surface area (Å²) >= 11 is 0. The molecule has 1 aliphatic rings. The number of hydrogen-bond donors (Lipinski definition) is 0. The summed E-state index contributed by atoms with van der Waals surface area (Å²) in [5.74, 6) is 0.833. The van der Waals surface area contributed by atoms with Crippen LogP contribution in [0.3, 0.4) is 0 Å². The van der Waals surface area contributed by atoms with Gasteiger partial charge in [0.1, 0.15) is 0 Å². The van der Waals surface area contributed by atoms with E-state index in [1.165, 1.54) is 0 Å². The van der Waals surface area contributed by atoms with Gasteiger partial charge in [-0.05, 0) is 33.8 Å². The highest BCUT2D eigenvalue weighted by Gasteiger charge is 2.24. The molecule has 4 nitrogen and oxygen atoms in total. The van der Waals surface area contributed by atoms with Gasteiger partial charge in [-0.15, -0.1) is 0 Å². The fraction of sp³-hybridized carbons (Fsp3) is 0.667. The molecule has 1 aromatic rings. The quantitative estimate of drug-likeness (QED) is 0.723. The van der Waals surface area contributed by atoms with Crippen LogP contribution in [0.4, 0.5) is 5.95 Å². The van der Waals surface area contributed by atoms with Gasteiger partial charge in [-0.25, -0.2) is 9.97 Å². The van der Waals surface area contributed by atoms with Gasteiger partial charge < -0.3 is 9.64 Å². The minimum Gasteiger partial charge on any atom is -0.372 e. The van der Waals surface area contributed by atoms with Crippen molar-refractivity contribution in [3.8, 4) is 0 Å². The Balaban J connectivity index is 2.22. The number of anilines is 1. The van der Waals surface area contributed by atoms with Crippen LogP contribution < -0.4 is 4.90 Å². The highest BCUT2D eigenvalue weighted by molar-refractivity contribution is 5.33. The zero-order valence-corrected chi connectivity index (χ0v) is 10.4. The van der Waals surface area contributed by atoms with Crippen LogP contribution in [0, 0.1) is 13.8 Å². The van der Waals surface area contributed by atoms with Crippen molar-refractivity contribution in [3.63, 3.8) is 0 Å². The number of nitrogens with zero attached hydrogens (tertiary/aromatic N) is 3. The van der Waals surface area contributed by atoms with E-state index in [2.05, 4.69) is 28.7 Å². The molecule has 0 bridgehead atoms. The molecule has 1 aliphatic heterocycles. The summed E-state index contributed by atoms with van der Waals surface area (Å²) in [6.45, 7) is 9.92. The minimum atomic E-state index is 0.244. The molecule has 1 fully saturated rings. The van der Waals surface area contributed by atoms with Gasteiger partial charge in [0.05, 0.1) is 12.2 Å². The van der Waals surface area contributed by atoms with Crippen LogP contribution in [-0.2, 0) is 4.74 Å². The third-order valence-electron chi connectivity index (χ3n) is 2.67. The molecule has 0 spiro atoms. The second-order valence-electron chi connectivity index (χ2n) is 4.61. The molecule has 2 rings (SSSR count). The van der Waals surface area contributed by atoms with E-state index in [1.54, 1.807) is 0 Å². The molecule has 2 atom stereocenters. The van der Waals surface area contributed by atoms with Crippen molar-refractivity contribution in [2.24, 2.45) is 0 Å². The fourth-order valence-corrected chi connectivity index (χ4v) is 2.19. The van der Waals surface area contributed by atoms with Gasteiger partial charge in [0.15, 0.2) is 0 Å². The van der Waals surface area contributed by atoms with E-state index in [9.17, 15) is 0 Å². The molecule has 0 aliphatic carbocycles. The van der Waals surface area contributed by atoms with Gasteiger partial charge in [-0.2, -0.15) is 0 Å². The van der Waals surface area contributed by atoms with Gasteiger partial charge in [0, 0.05) is 24.5 Å². The van der Waals surface area contributed by atoms with Crippen LogP contribution in [0.15, 0.2) is 6.07 Å². The molecule has 0 saturated carbocycles. The van der Waals surface area contributed by atoms with Gasteiger partial charge in [0.25, 0.3) is 0 Å². The largest absolute Gasteiger partial charge is 0.372 e. The molecule has 0 radical (unpaired) electrons. The Morgan fingerprint density at radius 1 is 1.12 bits per heavy atom. The number of aromatic nitrogens is 2. The third kappa shape index (κ3) is 2.50. The standard InChI is InChI=1S/C12H19N3O/c1-8-5-9(2)14-12(13-8)15-6-10(3)16-11(4)7-15/h5,10-11H,6-7H2,1-4H3/t10-,11-/m0/s1. The Kier molecular flexibility index (Phi) is 3.10. The second-order valence-corrected chi connectivity index (χ2v) is 4.61. The number of rotatable bonds is 1. The van der Waals surface area contributed by atoms with Gasteiger partial charge >= 0.3 is 0 Å². The van der Waals surface area contributed by atoms with Crippen LogP contribution in [0.5, 0.6) is 0 Å². The maximum Gasteiger partial charge on any atom is 0.225 e. The molecular formula is C12H19N3O. The highest BCUT2D eigenvalue weighted by Crippen LogP contribution is 2.17. The van der Waals surface area contributed by atoms with E-state index in [1.807, 2.05) is 19.9 Å². The lowest BCUT2D eigenvalue weighted by Crippen LogP contribution is -2.46. The lowest BCUT2D eigenvalue weighted by Gasteiger charge is -2.35. The van der Waals surface area contributed by atoms with Crippen LogP contribution >= 0.6 is 0 Å². The van der Waals surface area contributed by atoms with Crippen molar-refractivity contribution in [1.29, 1.82) is 0 Å². The lowest BCUT2D eigenvalue weighted by molar-refractivity contribution is -0.00574. The highest BCUT2D eigenvalue weighted by atomic mass is 16.5. The second kappa shape index (κ2) is 4.37. The molecular weight excluding hydrogens is 202 g/mol. The smallest absolute Gasteiger partial charge is 0.225 e. The Morgan fingerprint density at radius 2 is 1.62 bits per heavy atom. The molecule has 0 unspecified atom stereocenters. The number of hydrogen-bond acceptors (Lipinski definition) is 4. The van der Waals surface area contributed by atoms with E-state index in [0.29, 0.717) is 0 Å². The van der Waals surface area contributed by atoms with Crippen molar-refractivity contribution < 1.29 is 4.74 Å². The molecule has 0 aromatic carbocycles. The maximum atomic E-state index is 5.70. The summed E-state index contributed by atoms with van der Waals surface area (Å²) in [5.41, 5.74) is 2.04. The average Bonchev–Trinajstić information content (AvgIpc) is 2.14. The SMILES string of the molecule is Cc1cc(C)nc(N2C[C@H](C)O[C@@H](C)C2)n1. The molecule has 0 amide bonds. The first kappa shape index (κ1) is 11.3. The minimum absolute atomic E-state index is 0.244. The van der Waals surface area contributed by atoms with Crippen LogP contribution in [0.2, 0.25) is 0 Å². The summed E-state index contributed by atoms with van der Waals surface area (Å²) in [6, 6.07) is 2.00. The Hall–Kier alpha value is -1.16. The van der Waals surface area contributed by atoms with E-state index in [-0.39, 0.29) is 12.2 Å². The summed E-state index contributed by atoms with van der Waals surface area (Å²) in [5, 5.41) is 0. The molecule has 2 heterocycles.